The average Bonchev–Trinajstić information content (AvgIpc) is 2.98. The lowest BCUT2D eigenvalue weighted by Crippen LogP contribution is -2.34. The Morgan fingerprint density at radius 1 is 0.912 bits per heavy atom. The van der Waals surface area contributed by atoms with Crippen LogP contribution in [0.4, 0.5) is 0 Å². The molecule has 0 bridgehead atoms. The molecule has 4 rings (SSSR count). The van der Waals surface area contributed by atoms with Crippen molar-refractivity contribution in [2.45, 2.75) is 25.2 Å². The number of ether oxygens (including phenoxy) is 4. The monoisotopic (exact) mass is 466 g/mol. The molecule has 2 aromatic carbocycles. The molecule has 1 aliphatic carbocycles. The van der Waals surface area contributed by atoms with Gasteiger partial charge in [-0.1, -0.05) is 0 Å². The molecule has 0 N–H and O–H groups in total. The van der Waals surface area contributed by atoms with Crippen LogP contribution in [0.2, 0.25) is 0 Å². The molecule has 1 amide bonds. The molecule has 2 aromatic rings. The average molecular weight is 467 g/mol. The van der Waals surface area contributed by atoms with Crippen LogP contribution in [0, 0.1) is 0 Å². The number of benzene rings is 2. The molecule has 34 heavy (non-hydrogen) atoms. The molecule has 0 saturated heterocycles. The maximum atomic E-state index is 12.9. The van der Waals surface area contributed by atoms with Gasteiger partial charge in [-0.3, -0.25) is 4.79 Å². The quantitative estimate of drug-likeness (QED) is 0.532. The van der Waals surface area contributed by atoms with Crippen molar-refractivity contribution >= 4 is 12.0 Å². The van der Waals surface area contributed by atoms with Gasteiger partial charge < -0.3 is 28.7 Å². The fraction of sp³-hybridized carbons (Fsp3) is 0.444. The third-order valence-electron chi connectivity index (χ3n) is 6.76. The summed E-state index contributed by atoms with van der Waals surface area (Å²) in [6.45, 7) is 2.59. The van der Waals surface area contributed by atoms with E-state index in [9.17, 15) is 4.79 Å². The number of nitrogens with zero attached hydrogens (tertiary/aromatic N) is 2. The highest BCUT2D eigenvalue weighted by molar-refractivity contribution is 5.84. The summed E-state index contributed by atoms with van der Waals surface area (Å²) in [5, 5.41) is 0. The first kappa shape index (κ1) is 24.0. The van der Waals surface area contributed by atoms with Gasteiger partial charge in [0.15, 0.2) is 23.0 Å². The number of rotatable bonds is 10. The van der Waals surface area contributed by atoms with E-state index in [1.165, 1.54) is 11.1 Å². The normalized spacial score (nSPS) is 16.5. The van der Waals surface area contributed by atoms with Crippen molar-refractivity contribution in [1.82, 2.24) is 9.80 Å². The SMILES string of the molecule is COc1cc2c(cc1OC)CC(=O)N(CCCN(C)C[C@H]1Cc3cc(OC)c(OC)cc31)C=C2. The Kier molecular flexibility index (Phi) is 7.32. The Balaban J connectivity index is 1.30. The van der Waals surface area contributed by atoms with Gasteiger partial charge in [-0.05, 0) is 79.0 Å². The van der Waals surface area contributed by atoms with E-state index < -0.39 is 0 Å². The molecule has 7 nitrogen and oxygen atoms in total. The molecule has 7 heteroatoms. The Hall–Kier alpha value is -3.19. The molecular weight excluding hydrogens is 432 g/mol. The lowest BCUT2D eigenvalue weighted by molar-refractivity contribution is -0.127. The number of carbonyl (C=O) groups excluding carboxylic acids is 1. The van der Waals surface area contributed by atoms with Crippen LogP contribution in [0.15, 0.2) is 30.5 Å². The number of fused-ring (bicyclic) bond motifs is 2. The van der Waals surface area contributed by atoms with E-state index in [4.69, 9.17) is 18.9 Å². The summed E-state index contributed by atoms with van der Waals surface area (Å²) in [4.78, 5) is 17.0. The predicted octanol–water partition coefficient (Wildman–Crippen LogP) is 3.74. The van der Waals surface area contributed by atoms with Crippen LogP contribution in [-0.2, 0) is 17.6 Å². The number of likely N-dealkylation sites (N-methyl/N-ethyl adjacent to an activating group) is 1. The molecule has 0 fully saturated rings. The summed E-state index contributed by atoms with van der Waals surface area (Å²) in [6, 6.07) is 8.02. The highest BCUT2D eigenvalue weighted by Gasteiger charge is 2.29. The maximum absolute atomic E-state index is 12.9. The minimum Gasteiger partial charge on any atom is -0.493 e. The van der Waals surface area contributed by atoms with Crippen molar-refractivity contribution in [3.63, 3.8) is 0 Å². The molecular formula is C27H34N2O5. The second kappa shape index (κ2) is 10.4. The molecule has 0 aromatic heterocycles. The third kappa shape index (κ3) is 4.85. The van der Waals surface area contributed by atoms with Gasteiger partial charge in [-0.25, -0.2) is 0 Å². The van der Waals surface area contributed by atoms with E-state index in [2.05, 4.69) is 24.1 Å². The van der Waals surface area contributed by atoms with Gasteiger partial charge in [-0.2, -0.15) is 0 Å². The predicted molar refractivity (Wildman–Crippen MR) is 132 cm³/mol. The number of methoxy groups -OCH3 is 4. The van der Waals surface area contributed by atoms with Crippen LogP contribution in [0.5, 0.6) is 23.0 Å². The third-order valence-corrected chi connectivity index (χ3v) is 6.76. The molecule has 1 atom stereocenters. The van der Waals surface area contributed by atoms with Crippen LogP contribution >= 0.6 is 0 Å². The van der Waals surface area contributed by atoms with Crippen molar-refractivity contribution in [2.24, 2.45) is 0 Å². The molecule has 182 valence electrons. The van der Waals surface area contributed by atoms with Crippen LogP contribution in [0.3, 0.4) is 0 Å². The minimum absolute atomic E-state index is 0.0961. The fourth-order valence-corrected chi connectivity index (χ4v) is 4.84. The van der Waals surface area contributed by atoms with Crippen LogP contribution in [-0.4, -0.2) is 70.8 Å². The van der Waals surface area contributed by atoms with E-state index in [-0.39, 0.29) is 5.91 Å². The van der Waals surface area contributed by atoms with Crippen molar-refractivity contribution in [1.29, 1.82) is 0 Å². The highest BCUT2D eigenvalue weighted by atomic mass is 16.5. The second-order valence-electron chi connectivity index (χ2n) is 8.91. The molecule has 0 radical (unpaired) electrons. The van der Waals surface area contributed by atoms with E-state index >= 15 is 0 Å². The van der Waals surface area contributed by atoms with Crippen LogP contribution in [0.25, 0.3) is 6.08 Å². The number of hydrogen-bond acceptors (Lipinski definition) is 6. The van der Waals surface area contributed by atoms with E-state index in [0.717, 1.165) is 48.6 Å². The first-order chi connectivity index (χ1) is 16.5. The summed E-state index contributed by atoms with van der Waals surface area (Å²) < 4.78 is 21.7. The zero-order valence-electron chi connectivity index (χ0n) is 20.7. The van der Waals surface area contributed by atoms with Crippen molar-refractivity contribution in [3.8, 4) is 23.0 Å². The molecule has 2 aliphatic rings. The zero-order valence-corrected chi connectivity index (χ0v) is 20.7. The van der Waals surface area contributed by atoms with Gasteiger partial charge in [0, 0.05) is 25.2 Å². The Morgan fingerprint density at radius 2 is 1.53 bits per heavy atom. The first-order valence-electron chi connectivity index (χ1n) is 11.6. The second-order valence-corrected chi connectivity index (χ2v) is 8.91. The highest BCUT2D eigenvalue weighted by Crippen LogP contribution is 2.42. The lowest BCUT2D eigenvalue weighted by atomic mass is 9.77. The molecule has 0 spiro atoms. The van der Waals surface area contributed by atoms with E-state index in [0.29, 0.717) is 30.4 Å². The summed E-state index contributed by atoms with van der Waals surface area (Å²) in [5.74, 6) is 3.49. The standard InChI is InChI=1S/C27H34N2O5/c1-28(17-21-11-20-14-25(33-4)26(34-5)16-22(20)21)8-6-9-29-10-7-18-12-23(31-2)24(32-3)13-19(18)15-27(29)30/h7,10,12-14,16,21H,6,8-9,11,15,17H2,1-5H3/t21-/m1/s1. The molecule has 0 unspecified atom stereocenters. The van der Waals surface area contributed by atoms with Crippen molar-refractivity contribution in [3.05, 3.63) is 52.7 Å². The van der Waals surface area contributed by atoms with Gasteiger partial charge in [0.1, 0.15) is 0 Å². The summed E-state index contributed by atoms with van der Waals surface area (Å²) in [5.41, 5.74) is 4.62. The zero-order chi connectivity index (χ0) is 24.2. The lowest BCUT2D eigenvalue weighted by Gasteiger charge is -2.34. The largest absolute Gasteiger partial charge is 0.493 e. The van der Waals surface area contributed by atoms with Crippen molar-refractivity contribution < 1.29 is 23.7 Å². The minimum atomic E-state index is 0.0961. The molecule has 1 aliphatic heterocycles. The number of amides is 1. The summed E-state index contributed by atoms with van der Waals surface area (Å²) in [6.07, 6.45) is 6.18. The number of carbonyl (C=O) groups is 1. The number of hydrogen-bond donors (Lipinski definition) is 0. The van der Waals surface area contributed by atoms with Gasteiger partial charge >= 0.3 is 0 Å². The Bertz CT molecular complexity index is 1080. The Labute approximate surface area is 201 Å². The van der Waals surface area contributed by atoms with Crippen molar-refractivity contribution in [2.75, 3.05) is 55.1 Å². The van der Waals surface area contributed by atoms with Gasteiger partial charge in [0.2, 0.25) is 5.91 Å². The van der Waals surface area contributed by atoms with Crippen LogP contribution < -0.4 is 18.9 Å². The van der Waals surface area contributed by atoms with Gasteiger partial charge in [0.25, 0.3) is 0 Å². The summed E-state index contributed by atoms with van der Waals surface area (Å²) >= 11 is 0. The van der Waals surface area contributed by atoms with E-state index in [1.807, 2.05) is 29.3 Å². The topological polar surface area (TPSA) is 60.5 Å². The fourth-order valence-electron chi connectivity index (χ4n) is 4.84. The van der Waals surface area contributed by atoms with Gasteiger partial charge in [-0.15, -0.1) is 0 Å². The van der Waals surface area contributed by atoms with E-state index in [1.54, 1.807) is 28.4 Å². The van der Waals surface area contributed by atoms with Gasteiger partial charge in [0.05, 0.1) is 34.9 Å². The maximum Gasteiger partial charge on any atom is 0.230 e. The smallest absolute Gasteiger partial charge is 0.230 e. The Morgan fingerprint density at radius 3 is 2.21 bits per heavy atom. The molecule has 1 heterocycles. The first-order valence-corrected chi connectivity index (χ1v) is 11.6. The van der Waals surface area contributed by atoms with Crippen LogP contribution in [0.1, 0.15) is 34.6 Å². The molecule has 0 saturated carbocycles. The summed E-state index contributed by atoms with van der Waals surface area (Å²) in [7, 11) is 8.72.